The van der Waals surface area contributed by atoms with Gasteiger partial charge in [-0.1, -0.05) is 18.2 Å². The normalized spacial score (nSPS) is 15.0. The molecule has 2 N–H and O–H groups in total. The highest BCUT2D eigenvalue weighted by Crippen LogP contribution is 2.17. The summed E-state index contributed by atoms with van der Waals surface area (Å²) in [7, 11) is 0. The number of morpholine rings is 1. The molecule has 3 aromatic rings. The van der Waals surface area contributed by atoms with Crippen LogP contribution in [0.4, 0.5) is 5.95 Å². The third-order valence-electron chi connectivity index (χ3n) is 4.56. The number of rotatable bonds is 6. The molecule has 0 amide bonds. The lowest BCUT2D eigenvalue weighted by Crippen LogP contribution is -2.37. The van der Waals surface area contributed by atoms with Crippen molar-refractivity contribution in [3.63, 3.8) is 0 Å². The smallest absolute Gasteiger partial charge is 0.225 e. The monoisotopic (exact) mass is 337 g/mol. The lowest BCUT2D eigenvalue weighted by molar-refractivity contribution is 0.122. The van der Waals surface area contributed by atoms with Crippen molar-refractivity contribution in [1.82, 2.24) is 20.3 Å². The van der Waals surface area contributed by atoms with Gasteiger partial charge in [0.15, 0.2) is 0 Å². The van der Waals surface area contributed by atoms with E-state index in [2.05, 4.69) is 55.6 Å². The molecule has 1 fully saturated rings. The molecule has 4 rings (SSSR count). The van der Waals surface area contributed by atoms with Crippen molar-refractivity contribution in [2.24, 2.45) is 0 Å². The van der Waals surface area contributed by atoms with Crippen LogP contribution < -0.4 is 10.2 Å². The number of hydrogen-bond donors (Lipinski definition) is 2. The largest absolute Gasteiger partial charge is 0.378 e. The first-order valence-electron chi connectivity index (χ1n) is 8.79. The summed E-state index contributed by atoms with van der Waals surface area (Å²) in [5.41, 5.74) is 3.66. The van der Waals surface area contributed by atoms with Crippen molar-refractivity contribution < 1.29 is 4.74 Å². The van der Waals surface area contributed by atoms with Crippen molar-refractivity contribution in [2.75, 3.05) is 37.7 Å². The van der Waals surface area contributed by atoms with Crippen LogP contribution in [-0.4, -0.2) is 47.8 Å². The molecule has 6 nitrogen and oxygen atoms in total. The zero-order chi connectivity index (χ0) is 16.9. The molecular formula is C19H23N5O. The number of anilines is 1. The van der Waals surface area contributed by atoms with Gasteiger partial charge in [-0.25, -0.2) is 9.97 Å². The van der Waals surface area contributed by atoms with Gasteiger partial charge in [-0.2, -0.15) is 0 Å². The maximum Gasteiger partial charge on any atom is 0.225 e. The van der Waals surface area contributed by atoms with Gasteiger partial charge in [-0.15, -0.1) is 0 Å². The third kappa shape index (κ3) is 3.81. The van der Waals surface area contributed by atoms with Gasteiger partial charge < -0.3 is 19.9 Å². The van der Waals surface area contributed by atoms with Crippen LogP contribution in [0, 0.1) is 0 Å². The van der Waals surface area contributed by atoms with Crippen LogP contribution in [0.5, 0.6) is 0 Å². The Hall–Kier alpha value is -2.44. The van der Waals surface area contributed by atoms with E-state index < -0.39 is 0 Å². The van der Waals surface area contributed by atoms with Gasteiger partial charge in [0.05, 0.1) is 13.2 Å². The minimum absolute atomic E-state index is 0.750. The lowest BCUT2D eigenvalue weighted by Gasteiger charge is -2.26. The summed E-state index contributed by atoms with van der Waals surface area (Å²) < 4.78 is 5.36. The summed E-state index contributed by atoms with van der Waals surface area (Å²) in [6.45, 7) is 4.93. The highest BCUT2D eigenvalue weighted by atomic mass is 16.5. The standard InChI is InChI=1S/C19H23N5O/c1-2-4-18-17(3-1)16(14-21-18)5-6-20-11-15-12-22-19(23-13-15)24-7-9-25-10-8-24/h1-4,12-14,20-21H,5-11H2. The van der Waals surface area contributed by atoms with Crippen LogP contribution in [0.15, 0.2) is 42.9 Å². The quantitative estimate of drug-likeness (QED) is 0.675. The molecule has 0 radical (unpaired) electrons. The van der Waals surface area contributed by atoms with E-state index in [9.17, 15) is 0 Å². The van der Waals surface area contributed by atoms with Crippen LogP contribution in [0.1, 0.15) is 11.1 Å². The molecule has 25 heavy (non-hydrogen) atoms. The Morgan fingerprint density at radius 1 is 1.12 bits per heavy atom. The maximum atomic E-state index is 5.36. The number of aromatic amines is 1. The number of nitrogens with zero attached hydrogens (tertiary/aromatic N) is 3. The number of aromatic nitrogens is 3. The second-order valence-electron chi connectivity index (χ2n) is 6.28. The second kappa shape index (κ2) is 7.63. The molecular weight excluding hydrogens is 314 g/mol. The first kappa shape index (κ1) is 16.1. The van der Waals surface area contributed by atoms with Crippen molar-refractivity contribution in [3.05, 3.63) is 54.0 Å². The van der Waals surface area contributed by atoms with Gasteiger partial charge in [0.25, 0.3) is 0 Å². The summed E-state index contributed by atoms with van der Waals surface area (Å²) in [5.74, 6) is 0.797. The summed E-state index contributed by atoms with van der Waals surface area (Å²) in [6.07, 6.45) is 6.93. The Morgan fingerprint density at radius 3 is 2.76 bits per heavy atom. The molecule has 0 aliphatic carbocycles. The minimum Gasteiger partial charge on any atom is -0.378 e. The fourth-order valence-electron chi connectivity index (χ4n) is 3.16. The molecule has 0 saturated carbocycles. The van der Waals surface area contributed by atoms with E-state index in [0.29, 0.717) is 0 Å². The molecule has 1 saturated heterocycles. The SMILES string of the molecule is c1ccc2c(CCNCc3cnc(N4CCOCC4)nc3)c[nH]c2c1. The number of ether oxygens (including phenoxy) is 1. The van der Waals surface area contributed by atoms with Crippen molar-refractivity contribution >= 4 is 16.9 Å². The molecule has 1 aliphatic heterocycles. The third-order valence-corrected chi connectivity index (χ3v) is 4.56. The summed E-state index contributed by atoms with van der Waals surface area (Å²) >= 11 is 0. The number of benzene rings is 1. The fourth-order valence-corrected chi connectivity index (χ4v) is 3.16. The van der Waals surface area contributed by atoms with Gasteiger partial charge in [-0.05, 0) is 24.6 Å². The molecule has 130 valence electrons. The molecule has 1 aromatic carbocycles. The Morgan fingerprint density at radius 2 is 1.92 bits per heavy atom. The zero-order valence-electron chi connectivity index (χ0n) is 14.2. The number of para-hydroxylation sites is 1. The lowest BCUT2D eigenvalue weighted by atomic mass is 10.1. The molecule has 0 bridgehead atoms. The average Bonchev–Trinajstić information content (AvgIpc) is 3.10. The van der Waals surface area contributed by atoms with E-state index in [1.165, 1.54) is 16.5 Å². The van der Waals surface area contributed by atoms with E-state index in [1.807, 2.05) is 12.4 Å². The average molecular weight is 337 g/mol. The molecule has 0 unspecified atom stereocenters. The van der Waals surface area contributed by atoms with Gasteiger partial charge >= 0.3 is 0 Å². The number of nitrogens with one attached hydrogen (secondary N) is 2. The molecule has 2 aromatic heterocycles. The fraction of sp³-hybridized carbons (Fsp3) is 0.368. The van der Waals surface area contributed by atoms with E-state index in [1.54, 1.807) is 0 Å². The van der Waals surface area contributed by atoms with Gasteiger partial charge in [0.1, 0.15) is 0 Å². The van der Waals surface area contributed by atoms with Crippen LogP contribution in [0.25, 0.3) is 10.9 Å². The Balaban J connectivity index is 1.27. The van der Waals surface area contributed by atoms with Gasteiger partial charge in [0.2, 0.25) is 5.95 Å². The van der Waals surface area contributed by atoms with E-state index in [-0.39, 0.29) is 0 Å². The Labute approximate surface area is 147 Å². The van der Waals surface area contributed by atoms with Crippen LogP contribution in [0.3, 0.4) is 0 Å². The van der Waals surface area contributed by atoms with E-state index in [0.717, 1.165) is 57.3 Å². The van der Waals surface area contributed by atoms with Crippen LogP contribution in [-0.2, 0) is 17.7 Å². The summed E-state index contributed by atoms with van der Waals surface area (Å²) in [4.78, 5) is 14.5. The summed E-state index contributed by atoms with van der Waals surface area (Å²) in [6, 6.07) is 8.42. The predicted octanol–water partition coefficient (Wildman–Crippen LogP) is 2.13. The highest BCUT2D eigenvalue weighted by Gasteiger charge is 2.13. The first-order valence-corrected chi connectivity index (χ1v) is 8.79. The van der Waals surface area contributed by atoms with Gasteiger partial charge in [-0.3, -0.25) is 0 Å². The van der Waals surface area contributed by atoms with E-state index in [4.69, 9.17) is 4.74 Å². The number of hydrogen-bond acceptors (Lipinski definition) is 5. The molecule has 1 aliphatic rings. The second-order valence-corrected chi connectivity index (χ2v) is 6.28. The molecule has 0 spiro atoms. The van der Waals surface area contributed by atoms with Crippen LogP contribution in [0.2, 0.25) is 0 Å². The highest BCUT2D eigenvalue weighted by molar-refractivity contribution is 5.83. The zero-order valence-corrected chi connectivity index (χ0v) is 14.2. The molecule has 3 heterocycles. The first-order chi connectivity index (χ1) is 12.4. The molecule has 0 atom stereocenters. The Bertz CT molecular complexity index is 808. The van der Waals surface area contributed by atoms with E-state index >= 15 is 0 Å². The summed E-state index contributed by atoms with van der Waals surface area (Å²) in [5, 5.41) is 4.78. The molecule has 6 heteroatoms. The van der Waals surface area contributed by atoms with Crippen LogP contribution >= 0.6 is 0 Å². The van der Waals surface area contributed by atoms with Gasteiger partial charge in [0, 0.05) is 54.7 Å². The van der Waals surface area contributed by atoms with Crippen molar-refractivity contribution in [1.29, 1.82) is 0 Å². The predicted molar refractivity (Wildman–Crippen MR) is 98.8 cm³/mol. The van der Waals surface area contributed by atoms with Crippen molar-refractivity contribution in [3.8, 4) is 0 Å². The maximum absolute atomic E-state index is 5.36. The Kier molecular flexibility index (Phi) is 4.90. The number of fused-ring (bicyclic) bond motifs is 1. The topological polar surface area (TPSA) is 66.1 Å². The minimum atomic E-state index is 0.750. The van der Waals surface area contributed by atoms with Crippen molar-refractivity contribution in [2.45, 2.75) is 13.0 Å². The number of H-pyrrole nitrogens is 1.